The lowest BCUT2D eigenvalue weighted by atomic mass is 9.88. The highest BCUT2D eigenvalue weighted by Crippen LogP contribution is 2.22. The Morgan fingerprint density at radius 3 is 2.53 bits per heavy atom. The summed E-state index contributed by atoms with van der Waals surface area (Å²) in [5.41, 5.74) is 6.15. The van der Waals surface area contributed by atoms with Gasteiger partial charge in [-0.25, -0.2) is 0 Å². The zero-order valence-electron chi connectivity index (χ0n) is 9.86. The van der Waals surface area contributed by atoms with Crippen molar-refractivity contribution in [3.63, 3.8) is 0 Å². The minimum Gasteiger partial charge on any atom is -0.327 e. The van der Waals surface area contributed by atoms with Crippen LogP contribution in [0, 0.1) is 11.8 Å². The van der Waals surface area contributed by atoms with Crippen molar-refractivity contribution in [1.29, 1.82) is 0 Å². The van der Waals surface area contributed by atoms with Gasteiger partial charge in [0, 0.05) is 12.6 Å². The topological polar surface area (TPSA) is 29.3 Å². The van der Waals surface area contributed by atoms with E-state index >= 15 is 0 Å². The summed E-state index contributed by atoms with van der Waals surface area (Å²) in [6, 6.07) is 0.398. The third-order valence-electron chi connectivity index (χ3n) is 3.99. The molecule has 2 unspecified atom stereocenters. The average molecular weight is 208 g/mol. The highest BCUT2D eigenvalue weighted by molar-refractivity contribution is 4.97. The number of hydrogen-bond donors (Lipinski definition) is 1. The minimum absolute atomic E-state index is 0.398. The summed E-state index contributed by atoms with van der Waals surface area (Å²) in [6.07, 6.45) is 9.55. The number of rotatable bonds is 2. The van der Waals surface area contributed by atoms with Crippen molar-refractivity contribution in [3.05, 3.63) is 12.2 Å². The highest BCUT2D eigenvalue weighted by atomic mass is 15.1. The van der Waals surface area contributed by atoms with Gasteiger partial charge in [0.05, 0.1) is 0 Å². The van der Waals surface area contributed by atoms with Crippen LogP contribution >= 0.6 is 0 Å². The average Bonchev–Trinajstić information content (AvgIpc) is 2.25. The molecule has 0 aromatic rings. The van der Waals surface area contributed by atoms with Gasteiger partial charge in [-0.3, -0.25) is 0 Å². The van der Waals surface area contributed by atoms with E-state index in [1.165, 1.54) is 38.9 Å². The molecule has 1 aliphatic carbocycles. The van der Waals surface area contributed by atoms with Gasteiger partial charge < -0.3 is 10.6 Å². The first-order chi connectivity index (χ1) is 7.25. The van der Waals surface area contributed by atoms with Gasteiger partial charge >= 0.3 is 0 Å². The molecule has 0 bridgehead atoms. The van der Waals surface area contributed by atoms with Gasteiger partial charge in [0.15, 0.2) is 0 Å². The second-order valence-electron chi connectivity index (χ2n) is 5.35. The van der Waals surface area contributed by atoms with Crippen LogP contribution in [0.1, 0.15) is 32.6 Å². The summed E-state index contributed by atoms with van der Waals surface area (Å²) in [5, 5.41) is 0. The Labute approximate surface area is 93.5 Å². The molecular formula is C13H24N2. The molecule has 1 saturated heterocycles. The van der Waals surface area contributed by atoms with E-state index in [0.29, 0.717) is 12.0 Å². The molecule has 2 nitrogen and oxygen atoms in total. The van der Waals surface area contributed by atoms with Crippen LogP contribution in [0.2, 0.25) is 0 Å². The maximum absolute atomic E-state index is 6.15. The summed E-state index contributed by atoms with van der Waals surface area (Å²) in [5.74, 6) is 1.63. The standard InChI is InChI=1S/C13H24N2/c1-11-6-8-15(9-7-11)10-12-4-2-3-5-13(12)14/h2-3,11-13H,4-10,14H2,1H3. The Bertz CT molecular complexity index is 217. The second-order valence-corrected chi connectivity index (χ2v) is 5.35. The largest absolute Gasteiger partial charge is 0.327 e. The Balaban J connectivity index is 1.78. The van der Waals surface area contributed by atoms with Crippen LogP contribution in [-0.4, -0.2) is 30.6 Å². The van der Waals surface area contributed by atoms with Crippen LogP contribution in [-0.2, 0) is 0 Å². The zero-order valence-corrected chi connectivity index (χ0v) is 9.86. The van der Waals surface area contributed by atoms with E-state index in [-0.39, 0.29) is 0 Å². The van der Waals surface area contributed by atoms with Gasteiger partial charge in [-0.1, -0.05) is 19.1 Å². The Hall–Kier alpha value is -0.340. The van der Waals surface area contributed by atoms with Gasteiger partial charge in [0.1, 0.15) is 0 Å². The van der Waals surface area contributed by atoms with Gasteiger partial charge in [-0.2, -0.15) is 0 Å². The lowest BCUT2D eigenvalue weighted by Crippen LogP contribution is -2.42. The molecule has 0 radical (unpaired) electrons. The SMILES string of the molecule is CC1CCN(CC2CC=CCC2N)CC1. The van der Waals surface area contributed by atoms with Gasteiger partial charge in [0.2, 0.25) is 0 Å². The molecule has 2 aliphatic rings. The van der Waals surface area contributed by atoms with E-state index in [1.807, 2.05) is 0 Å². The first-order valence-electron chi connectivity index (χ1n) is 6.38. The number of piperidine rings is 1. The van der Waals surface area contributed by atoms with E-state index in [2.05, 4.69) is 24.0 Å². The normalized spacial score (nSPS) is 34.5. The molecule has 0 aromatic heterocycles. The zero-order chi connectivity index (χ0) is 10.7. The third-order valence-corrected chi connectivity index (χ3v) is 3.99. The summed E-state index contributed by atoms with van der Waals surface area (Å²) in [4.78, 5) is 2.61. The molecule has 2 heteroatoms. The molecule has 0 aromatic carbocycles. The monoisotopic (exact) mass is 208 g/mol. The lowest BCUT2D eigenvalue weighted by Gasteiger charge is -2.35. The predicted octanol–water partition coefficient (Wildman–Crippen LogP) is 2.01. The molecule has 15 heavy (non-hydrogen) atoms. The molecule has 1 heterocycles. The molecule has 86 valence electrons. The fourth-order valence-corrected chi connectivity index (χ4v) is 2.68. The van der Waals surface area contributed by atoms with Crippen LogP contribution in [0.5, 0.6) is 0 Å². The number of allylic oxidation sites excluding steroid dienone is 1. The fourth-order valence-electron chi connectivity index (χ4n) is 2.68. The summed E-state index contributed by atoms with van der Waals surface area (Å²) < 4.78 is 0. The van der Waals surface area contributed by atoms with Gasteiger partial charge in [0.25, 0.3) is 0 Å². The fraction of sp³-hybridized carbons (Fsp3) is 0.846. The van der Waals surface area contributed by atoms with Crippen molar-refractivity contribution in [3.8, 4) is 0 Å². The van der Waals surface area contributed by atoms with Crippen LogP contribution in [0.3, 0.4) is 0 Å². The first-order valence-corrected chi connectivity index (χ1v) is 6.38. The van der Waals surface area contributed by atoms with Crippen LogP contribution < -0.4 is 5.73 Å². The van der Waals surface area contributed by atoms with E-state index in [0.717, 1.165) is 12.3 Å². The number of nitrogens with two attached hydrogens (primary N) is 1. The maximum Gasteiger partial charge on any atom is 0.0117 e. The summed E-state index contributed by atoms with van der Waals surface area (Å²) >= 11 is 0. The second kappa shape index (κ2) is 5.13. The number of likely N-dealkylation sites (tertiary alicyclic amines) is 1. The molecule has 1 aliphatic heterocycles. The highest BCUT2D eigenvalue weighted by Gasteiger charge is 2.23. The van der Waals surface area contributed by atoms with E-state index in [1.54, 1.807) is 0 Å². The van der Waals surface area contributed by atoms with E-state index in [4.69, 9.17) is 5.73 Å². The van der Waals surface area contributed by atoms with Crippen molar-refractivity contribution in [2.24, 2.45) is 17.6 Å². The Morgan fingerprint density at radius 2 is 1.87 bits per heavy atom. The Morgan fingerprint density at radius 1 is 1.20 bits per heavy atom. The summed E-state index contributed by atoms with van der Waals surface area (Å²) in [6.45, 7) is 6.16. The van der Waals surface area contributed by atoms with E-state index < -0.39 is 0 Å². The molecule has 2 N–H and O–H groups in total. The van der Waals surface area contributed by atoms with Crippen molar-refractivity contribution in [2.75, 3.05) is 19.6 Å². The Kier molecular flexibility index (Phi) is 3.81. The number of hydrogen-bond acceptors (Lipinski definition) is 2. The molecular weight excluding hydrogens is 184 g/mol. The van der Waals surface area contributed by atoms with Crippen molar-refractivity contribution in [2.45, 2.75) is 38.6 Å². The predicted molar refractivity (Wildman–Crippen MR) is 64.7 cm³/mol. The van der Waals surface area contributed by atoms with Crippen LogP contribution in [0.15, 0.2) is 12.2 Å². The molecule has 1 fully saturated rings. The lowest BCUT2D eigenvalue weighted by molar-refractivity contribution is 0.156. The van der Waals surface area contributed by atoms with E-state index in [9.17, 15) is 0 Å². The van der Waals surface area contributed by atoms with Crippen molar-refractivity contribution in [1.82, 2.24) is 4.90 Å². The van der Waals surface area contributed by atoms with Gasteiger partial charge in [-0.15, -0.1) is 0 Å². The van der Waals surface area contributed by atoms with Crippen LogP contribution in [0.4, 0.5) is 0 Å². The molecule has 2 rings (SSSR count). The number of nitrogens with zero attached hydrogens (tertiary/aromatic N) is 1. The smallest absolute Gasteiger partial charge is 0.0117 e. The molecule has 0 amide bonds. The molecule has 0 spiro atoms. The third kappa shape index (κ3) is 3.05. The van der Waals surface area contributed by atoms with Crippen LogP contribution in [0.25, 0.3) is 0 Å². The quantitative estimate of drug-likeness (QED) is 0.703. The van der Waals surface area contributed by atoms with Gasteiger partial charge in [-0.05, 0) is 50.6 Å². The molecule has 2 atom stereocenters. The molecule has 0 saturated carbocycles. The van der Waals surface area contributed by atoms with Crippen molar-refractivity contribution < 1.29 is 0 Å². The van der Waals surface area contributed by atoms with Crippen molar-refractivity contribution >= 4 is 0 Å². The summed E-state index contributed by atoms with van der Waals surface area (Å²) in [7, 11) is 0. The maximum atomic E-state index is 6.15. The first kappa shape index (κ1) is 11.2. The minimum atomic E-state index is 0.398.